The van der Waals surface area contributed by atoms with Crippen molar-refractivity contribution in [3.63, 3.8) is 0 Å². The summed E-state index contributed by atoms with van der Waals surface area (Å²) in [4.78, 5) is 0. The van der Waals surface area contributed by atoms with Gasteiger partial charge in [-0.1, -0.05) is 51.5 Å². The molecule has 0 saturated heterocycles. The zero-order chi connectivity index (χ0) is 14.4. The SMILES string of the molecule is CCCc1ccc(C(NCC)c2ccc(CC)o2)cc1. The van der Waals surface area contributed by atoms with Gasteiger partial charge in [0.15, 0.2) is 0 Å². The van der Waals surface area contributed by atoms with E-state index in [1.807, 2.05) is 0 Å². The molecule has 2 aromatic rings. The molecule has 0 spiro atoms. The molecular weight excluding hydrogens is 246 g/mol. The number of nitrogens with one attached hydrogen (secondary N) is 1. The Kier molecular flexibility index (Phi) is 5.42. The number of rotatable bonds is 7. The lowest BCUT2D eigenvalue weighted by Crippen LogP contribution is -2.21. The minimum Gasteiger partial charge on any atom is -0.464 e. The number of benzene rings is 1. The van der Waals surface area contributed by atoms with E-state index < -0.39 is 0 Å². The molecule has 0 amide bonds. The van der Waals surface area contributed by atoms with Gasteiger partial charge < -0.3 is 9.73 Å². The van der Waals surface area contributed by atoms with Crippen molar-refractivity contribution in [3.05, 3.63) is 59.0 Å². The maximum Gasteiger partial charge on any atom is 0.125 e. The molecule has 2 rings (SSSR count). The Morgan fingerprint density at radius 3 is 2.30 bits per heavy atom. The van der Waals surface area contributed by atoms with Gasteiger partial charge in [-0.3, -0.25) is 0 Å². The molecule has 0 saturated carbocycles. The van der Waals surface area contributed by atoms with Crippen molar-refractivity contribution in [1.82, 2.24) is 5.32 Å². The van der Waals surface area contributed by atoms with E-state index in [-0.39, 0.29) is 6.04 Å². The summed E-state index contributed by atoms with van der Waals surface area (Å²) in [6.07, 6.45) is 3.27. The molecule has 0 aliphatic rings. The fourth-order valence-corrected chi connectivity index (χ4v) is 2.49. The molecule has 20 heavy (non-hydrogen) atoms. The average molecular weight is 271 g/mol. The van der Waals surface area contributed by atoms with Crippen LogP contribution < -0.4 is 5.32 Å². The van der Waals surface area contributed by atoms with Crippen molar-refractivity contribution in [3.8, 4) is 0 Å². The molecule has 1 atom stereocenters. The van der Waals surface area contributed by atoms with Gasteiger partial charge >= 0.3 is 0 Å². The van der Waals surface area contributed by atoms with Crippen LogP contribution in [0.1, 0.15) is 55.9 Å². The van der Waals surface area contributed by atoms with Gasteiger partial charge in [-0.25, -0.2) is 0 Å². The van der Waals surface area contributed by atoms with Crippen LogP contribution in [0.5, 0.6) is 0 Å². The molecule has 2 heteroatoms. The van der Waals surface area contributed by atoms with E-state index in [4.69, 9.17) is 4.42 Å². The largest absolute Gasteiger partial charge is 0.464 e. The van der Waals surface area contributed by atoms with Gasteiger partial charge in [-0.15, -0.1) is 0 Å². The van der Waals surface area contributed by atoms with E-state index in [9.17, 15) is 0 Å². The molecule has 1 heterocycles. The molecule has 0 fully saturated rings. The van der Waals surface area contributed by atoms with Gasteiger partial charge in [0.2, 0.25) is 0 Å². The monoisotopic (exact) mass is 271 g/mol. The van der Waals surface area contributed by atoms with Crippen molar-refractivity contribution < 1.29 is 4.42 Å². The van der Waals surface area contributed by atoms with E-state index >= 15 is 0 Å². The first kappa shape index (κ1) is 14.9. The molecule has 1 N–H and O–H groups in total. The van der Waals surface area contributed by atoms with Gasteiger partial charge in [0.25, 0.3) is 0 Å². The molecule has 1 aromatic carbocycles. The molecule has 108 valence electrons. The predicted molar refractivity (Wildman–Crippen MR) is 84.0 cm³/mol. The topological polar surface area (TPSA) is 25.2 Å². The summed E-state index contributed by atoms with van der Waals surface area (Å²) in [6, 6.07) is 13.2. The molecule has 0 aliphatic heterocycles. The first-order valence-corrected chi connectivity index (χ1v) is 7.69. The summed E-state index contributed by atoms with van der Waals surface area (Å²) in [5.74, 6) is 2.05. The van der Waals surface area contributed by atoms with E-state index in [0.717, 1.165) is 30.9 Å². The maximum atomic E-state index is 5.92. The van der Waals surface area contributed by atoms with E-state index in [0.29, 0.717) is 0 Å². The zero-order valence-corrected chi connectivity index (χ0v) is 12.8. The Hall–Kier alpha value is -1.54. The number of hydrogen-bond acceptors (Lipinski definition) is 2. The summed E-state index contributed by atoms with van der Waals surface area (Å²) in [5, 5.41) is 3.51. The van der Waals surface area contributed by atoms with Crippen LogP contribution in [0.25, 0.3) is 0 Å². The Bertz CT molecular complexity index is 512. The van der Waals surface area contributed by atoms with Gasteiger partial charge in [0.1, 0.15) is 11.5 Å². The van der Waals surface area contributed by atoms with Crippen LogP contribution in [-0.4, -0.2) is 6.54 Å². The highest BCUT2D eigenvalue weighted by Gasteiger charge is 2.16. The van der Waals surface area contributed by atoms with E-state index in [2.05, 4.69) is 62.5 Å². The molecule has 0 aliphatic carbocycles. The Morgan fingerprint density at radius 1 is 1.00 bits per heavy atom. The summed E-state index contributed by atoms with van der Waals surface area (Å²) in [5.41, 5.74) is 2.67. The molecule has 1 aromatic heterocycles. The normalized spacial score (nSPS) is 12.6. The van der Waals surface area contributed by atoms with Crippen molar-refractivity contribution >= 4 is 0 Å². The van der Waals surface area contributed by atoms with Gasteiger partial charge in [-0.2, -0.15) is 0 Å². The molecule has 0 radical (unpaired) electrons. The zero-order valence-electron chi connectivity index (χ0n) is 12.8. The van der Waals surface area contributed by atoms with Crippen LogP contribution >= 0.6 is 0 Å². The van der Waals surface area contributed by atoms with Crippen LogP contribution in [0.2, 0.25) is 0 Å². The summed E-state index contributed by atoms with van der Waals surface area (Å²) >= 11 is 0. The second kappa shape index (κ2) is 7.30. The highest BCUT2D eigenvalue weighted by molar-refractivity contribution is 5.30. The third-order valence-electron chi connectivity index (χ3n) is 3.58. The lowest BCUT2D eigenvalue weighted by molar-refractivity contribution is 0.426. The van der Waals surface area contributed by atoms with Gasteiger partial charge in [-0.05, 0) is 36.2 Å². The second-order valence-corrected chi connectivity index (χ2v) is 5.14. The standard InChI is InChI=1S/C18H25NO/c1-4-7-14-8-10-15(11-9-14)18(19-6-3)17-13-12-16(5-2)20-17/h8-13,18-19H,4-7H2,1-3H3. The first-order chi connectivity index (χ1) is 9.78. The molecule has 0 bridgehead atoms. The van der Waals surface area contributed by atoms with Crippen LogP contribution in [0, 0.1) is 0 Å². The van der Waals surface area contributed by atoms with E-state index in [1.54, 1.807) is 0 Å². The highest BCUT2D eigenvalue weighted by Crippen LogP contribution is 2.24. The minimum absolute atomic E-state index is 0.149. The van der Waals surface area contributed by atoms with Gasteiger partial charge in [0.05, 0.1) is 6.04 Å². The average Bonchev–Trinajstić information content (AvgIpc) is 2.95. The summed E-state index contributed by atoms with van der Waals surface area (Å²) in [7, 11) is 0. The number of aryl methyl sites for hydroxylation is 2. The Morgan fingerprint density at radius 2 is 1.75 bits per heavy atom. The Labute approximate surface area is 122 Å². The smallest absolute Gasteiger partial charge is 0.125 e. The third kappa shape index (κ3) is 3.51. The van der Waals surface area contributed by atoms with Crippen molar-refractivity contribution in [2.45, 2.75) is 46.1 Å². The lowest BCUT2D eigenvalue weighted by atomic mass is 10.0. The molecule has 2 nitrogen and oxygen atoms in total. The molecular formula is C18H25NO. The number of furan rings is 1. The van der Waals surface area contributed by atoms with Crippen molar-refractivity contribution in [2.24, 2.45) is 0 Å². The summed E-state index contributed by atoms with van der Waals surface area (Å²) < 4.78 is 5.92. The lowest BCUT2D eigenvalue weighted by Gasteiger charge is -2.16. The predicted octanol–water partition coefficient (Wildman–Crippen LogP) is 4.49. The van der Waals surface area contributed by atoms with Crippen molar-refractivity contribution in [1.29, 1.82) is 0 Å². The maximum absolute atomic E-state index is 5.92. The number of hydrogen-bond donors (Lipinski definition) is 1. The quantitative estimate of drug-likeness (QED) is 0.802. The van der Waals surface area contributed by atoms with Crippen LogP contribution in [-0.2, 0) is 12.8 Å². The van der Waals surface area contributed by atoms with Crippen LogP contribution in [0.3, 0.4) is 0 Å². The highest BCUT2D eigenvalue weighted by atomic mass is 16.3. The third-order valence-corrected chi connectivity index (χ3v) is 3.58. The summed E-state index contributed by atoms with van der Waals surface area (Å²) in [6.45, 7) is 7.38. The fourth-order valence-electron chi connectivity index (χ4n) is 2.49. The second-order valence-electron chi connectivity index (χ2n) is 5.14. The minimum atomic E-state index is 0.149. The van der Waals surface area contributed by atoms with E-state index in [1.165, 1.54) is 17.5 Å². The van der Waals surface area contributed by atoms with Crippen molar-refractivity contribution in [2.75, 3.05) is 6.54 Å². The Balaban J connectivity index is 2.23. The van der Waals surface area contributed by atoms with Crippen LogP contribution in [0.15, 0.2) is 40.8 Å². The fraction of sp³-hybridized carbons (Fsp3) is 0.444. The first-order valence-electron chi connectivity index (χ1n) is 7.69. The van der Waals surface area contributed by atoms with Gasteiger partial charge in [0, 0.05) is 6.42 Å². The van der Waals surface area contributed by atoms with Crippen LogP contribution in [0.4, 0.5) is 0 Å². The molecule has 1 unspecified atom stereocenters.